The van der Waals surface area contributed by atoms with Crippen LogP contribution in [-0.4, -0.2) is 45.0 Å². The molecule has 0 unspecified atom stereocenters. The third kappa shape index (κ3) is 4.49. The summed E-state index contributed by atoms with van der Waals surface area (Å²) in [7, 11) is 0. The highest BCUT2D eigenvalue weighted by molar-refractivity contribution is 6.34. The predicted molar refractivity (Wildman–Crippen MR) is 153 cm³/mol. The van der Waals surface area contributed by atoms with E-state index in [-0.39, 0.29) is 33.7 Å². The Kier molecular flexibility index (Phi) is 6.39. The van der Waals surface area contributed by atoms with Crippen molar-refractivity contribution in [3.63, 3.8) is 0 Å². The Morgan fingerprint density at radius 2 is 1.44 bits per heavy atom. The lowest BCUT2D eigenvalue weighted by atomic mass is 9.63. The van der Waals surface area contributed by atoms with Gasteiger partial charge in [-0.1, -0.05) is 35.9 Å². The molecule has 1 aliphatic heterocycles. The van der Waals surface area contributed by atoms with Crippen molar-refractivity contribution in [2.75, 3.05) is 6.54 Å². The number of non-ortho nitro benzene ring substituents is 1. The molecule has 10 nitrogen and oxygen atoms in total. The number of nitro benzene ring substituents is 1. The Bertz CT molecular complexity index is 1690. The van der Waals surface area contributed by atoms with Crippen LogP contribution in [0.4, 0.5) is 5.69 Å². The lowest BCUT2D eigenvalue weighted by molar-refractivity contribution is -0.384. The van der Waals surface area contributed by atoms with Gasteiger partial charge in [-0.05, 0) is 78.6 Å². The van der Waals surface area contributed by atoms with E-state index in [0.29, 0.717) is 23.3 Å². The molecule has 1 heterocycles. The molecule has 0 N–H and O–H groups in total. The third-order valence-corrected chi connectivity index (χ3v) is 9.30. The van der Waals surface area contributed by atoms with Gasteiger partial charge in [-0.2, -0.15) is 5.01 Å². The number of hydrogen-bond donors (Lipinski definition) is 0. The van der Waals surface area contributed by atoms with Crippen molar-refractivity contribution in [1.82, 2.24) is 10.0 Å². The van der Waals surface area contributed by atoms with Gasteiger partial charge >= 0.3 is 0 Å². The van der Waals surface area contributed by atoms with Gasteiger partial charge in [0.2, 0.25) is 0 Å². The highest BCUT2D eigenvalue weighted by atomic mass is 35.5. The van der Waals surface area contributed by atoms with Crippen molar-refractivity contribution < 1.29 is 28.8 Å². The van der Waals surface area contributed by atoms with Crippen molar-refractivity contribution in [3.05, 3.63) is 111 Å². The fraction of sp³-hybridized carbons (Fsp3) is 0.250. The Balaban J connectivity index is 1.14. The second kappa shape index (κ2) is 10.2. The molecule has 3 amide bonds. The standard InChI is InChI=1S/C32H24ClN3O7/c33-26-4-2-1-3-23(26)30(38)34(35-31(39)28-21-13-14-22(25-15-24(21)25)29(28)32(35)40)16-27(37)17-5-9-19(10-6-17)43-20-11-7-18(8-12-20)36(41)42/h1-14,21-22,24-25,28-29H,15-16H2/t21-,22-,24-,25+,28+,29+/m0/s1. The number of carbonyl (C=O) groups is 4. The van der Waals surface area contributed by atoms with E-state index in [1.54, 1.807) is 24.3 Å². The Morgan fingerprint density at radius 3 is 2.00 bits per heavy atom. The third-order valence-electron chi connectivity index (χ3n) is 8.97. The normalized spacial score (nSPS) is 26.1. The highest BCUT2D eigenvalue weighted by Crippen LogP contribution is 2.65. The molecule has 3 aromatic rings. The van der Waals surface area contributed by atoms with Crippen LogP contribution in [0.25, 0.3) is 0 Å². The molecule has 5 aliphatic rings. The van der Waals surface area contributed by atoms with Crippen LogP contribution < -0.4 is 4.74 Å². The van der Waals surface area contributed by atoms with Crippen LogP contribution >= 0.6 is 11.6 Å². The van der Waals surface area contributed by atoms with E-state index >= 15 is 0 Å². The largest absolute Gasteiger partial charge is 0.457 e. The number of amides is 3. The lowest BCUT2D eigenvalue weighted by Gasteiger charge is -2.37. The van der Waals surface area contributed by atoms with E-state index in [1.165, 1.54) is 48.5 Å². The van der Waals surface area contributed by atoms with E-state index in [0.717, 1.165) is 16.4 Å². The first-order valence-electron chi connectivity index (χ1n) is 13.9. The predicted octanol–water partition coefficient (Wildman–Crippen LogP) is 5.33. The maximum Gasteiger partial charge on any atom is 0.274 e. The monoisotopic (exact) mass is 597 g/mol. The van der Waals surface area contributed by atoms with Gasteiger partial charge < -0.3 is 4.74 Å². The molecular formula is C32H24ClN3O7. The number of allylic oxidation sites excluding steroid dienone is 2. The molecule has 1 saturated heterocycles. The summed E-state index contributed by atoms with van der Waals surface area (Å²) < 4.78 is 5.72. The summed E-state index contributed by atoms with van der Waals surface area (Å²) in [6.45, 7) is -0.556. The van der Waals surface area contributed by atoms with Gasteiger partial charge in [0.1, 0.15) is 18.0 Å². The summed E-state index contributed by atoms with van der Waals surface area (Å²) in [5, 5.41) is 12.8. The molecule has 0 aromatic heterocycles. The molecule has 6 atom stereocenters. The van der Waals surface area contributed by atoms with Crippen LogP contribution in [-0.2, 0) is 9.59 Å². The zero-order valence-corrected chi connectivity index (χ0v) is 23.3. The number of Topliss-reactive ketones (excluding diaryl/α,β-unsaturated/α-hetero) is 1. The Morgan fingerprint density at radius 1 is 0.884 bits per heavy atom. The molecule has 2 bridgehead atoms. The smallest absolute Gasteiger partial charge is 0.274 e. The number of nitro groups is 1. The molecular weight excluding hydrogens is 574 g/mol. The van der Waals surface area contributed by atoms with E-state index in [2.05, 4.69) is 0 Å². The minimum Gasteiger partial charge on any atom is -0.457 e. The fourth-order valence-electron chi connectivity index (χ4n) is 6.89. The van der Waals surface area contributed by atoms with Crippen molar-refractivity contribution in [2.45, 2.75) is 6.42 Å². The van der Waals surface area contributed by atoms with E-state index < -0.39 is 46.8 Å². The van der Waals surface area contributed by atoms with Gasteiger partial charge in [0.25, 0.3) is 23.4 Å². The molecule has 4 aliphatic carbocycles. The van der Waals surface area contributed by atoms with Gasteiger partial charge in [0, 0.05) is 17.7 Å². The summed E-state index contributed by atoms with van der Waals surface area (Å²) in [5.41, 5.74) is 0.231. The van der Waals surface area contributed by atoms with Crippen LogP contribution in [0.15, 0.2) is 84.9 Å². The molecule has 8 rings (SSSR count). The topological polar surface area (TPSA) is 127 Å². The van der Waals surface area contributed by atoms with Gasteiger partial charge in [-0.15, -0.1) is 0 Å². The second-order valence-electron chi connectivity index (χ2n) is 11.3. The molecule has 0 spiro atoms. The molecule has 3 fully saturated rings. The van der Waals surface area contributed by atoms with E-state index in [4.69, 9.17) is 16.3 Å². The van der Waals surface area contributed by atoms with Gasteiger partial charge in [-0.25, -0.2) is 5.01 Å². The van der Waals surface area contributed by atoms with E-state index in [9.17, 15) is 29.3 Å². The molecule has 43 heavy (non-hydrogen) atoms. The van der Waals surface area contributed by atoms with Crippen LogP contribution in [0, 0.1) is 45.6 Å². The second-order valence-corrected chi connectivity index (χ2v) is 11.7. The summed E-state index contributed by atoms with van der Waals surface area (Å²) in [6, 6.07) is 18.0. The number of halogens is 1. The Labute approximate surface area is 250 Å². The van der Waals surface area contributed by atoms with Crippen LogP contribution in [0.1, 0.15) is 27.1 Å². The Hall–Kier alpha value is -4.83. The average Bonchev–Trinajstić information content (AvgIpc) is 3.79. The number of imide groups is 1. The highest BCUT2D eigenvalue weighted by Gasteiger charge is 2.68. The molecule has 2 saturated carbocycles. The fourth-order valence-corrected chi connectivity index (χ4v) is 7.11. The average molecular weight is 598 g/mol. The van der Waals surface area contributed by atoms with Crippen LogP contribution in [0.3, 0.4) is 0 Å². The maximum absolute atomic E-state index is 13.9. The minimum atomic E-state index is -0.720. The summed E-state index contributed by atoms with van der Waals surface area (Å²) in [4.78, 5) is 65.4. The number of hydrazine groups is 1. The number of ketones is 1. The van der Waals surface area contributed by atoms with Crippen LogP contribution in [0.2, 0.25) is 5.02 Å². The number of hydrogen-bond acceptors (Lipinski definition) is 7. The quantitative estimate of drug-likeness (QED) is 0.113. The zero-order chi connectivity index (χ0) is 30.0. The first-order chi connectivity index (χ1) is 20.7. The summed E-state index contributed by atoms with van der Waals surface area (Å²) in [6.07, 6.45) is 5.08. The number of rotatable bonds is 8. The zero-order valence-electron chi connectivity index (χ0n) is 22.5. The SMILES string of the molecule is O=C(CN(C(=O)c1ccccc1Cl)N1C(=O)[C@@H]2[C@H]3C=C[C@@H]([C@@H]4C[C@H]34)[C@H]2C1=O)c1ccc(Oc2ccc([N+](=O)[O-])cc2)cc1. The van der Waals surface area contributed by atoms with Crippen molar-refractivity contribution in [2.24, 2.45) is 35.5 Å². The maximum atomic E-state index is 13.9. The molecule has 216 valence electrons. The van der Waals surface area contributed by atoms with E-state index in [1.807, 2.05) is 12.2 Å². The number of carbonyl (C=O) groups excluding carboxylic acids is 4. The first-order valence-corrected chi connectivity index (χ1v) is 14.3. The van der Waals surface area contributed by atoms with Crippen molar-refractivity contribution >= 4 is 40.8 Å². The molecule has 0 radical (unpaired) electrons. The first kappa shape index (κ1) is 27.0. The summed E-state index contributed by atoms with van der Waals surface area (Å²) >= 11 is 6.33. The molecule has 3 aromatic carbocycles. The number of nitrogens with zero attached hydrogens (tertiary/aromatic N) is 3. The minimum absolute atomic E-state index is 0.0438. The van der Waals surface area contributed by atoms with Gasteiger partial charge in [0.05, 0.1) is 27.3 Å². The van der Waals surface area contributed by atoms with Crippen molar-refractivity contribution in [3.8, 4) is 11.5 Å². The van der Waals surface area contributed by atoms with Crippen molar-refractivity contribution in [1.29, 1.82) is 0 Å². The lowest BCUT2D eigenvalue weighted by Crippen LogP contribution is -2.52. The van der Waals surface area contributed by atoms with Crippen LogP contribution in [0.5, 0.6) is 11.5 Å². The summed E-state index contributed by atoms with van der Waals surface area (Å²) in [5.74, 6) is -1.79. The van der Waals surface area contributed by atoms with Gasteiger partial charge in [-0.3, -0.25) is 29.3 Å². The van der Waals surface area contributed by atoms with Gasteiger partial charge in [0.15, 0.2) is 5.78 Å². The molecule has 11 heteroatoms. The number of benzene rings is 3. The number of ether oxygens (including phenoxy) is 1.